The molecule has 2 heterocycles. The number of halogens is 1. The molecule has 0 amide bonds. The molecule has 0 aliphatic carbocycles. The van der Waals surface area contributed by atoms with Gasteiger partial charge in [0, 0.05) is 0 Å². The van der Waals surface area contributed by atoms with E-state index < -0.39 is 5.56 Å². The van der Waals surface area contributed by atoms with Gasteiger partial charge in [-0.25, -0.2) is 14.1 Å². The maximum Gasteiger partial charge on any atom is 0.263 e. The van der Waals surface area contributed by atoms with Gasteiger partial charge in [0.05, 0.1) is 12.4 Å². The number of H-pyrrole nitrogens is 1. The van der Waals surface area contributed by atoms with Crippen LogP contribution in [0.4, 0.5) is 4.39 Å². The number of fused-ring (bicyclic) bond motifs is 1. The van der Waals surface area contributed by atoms with Gasteiger partial charge in [-0.2, -0.15) is 10.4 Å². The highest BCUT2D eigenvalue weighted by Gasteiger charge is 2.19. The molecule has 0 unspecified atom stereocenters. The summed E-state index contributed by atoms with van der Waals surface area (Å²) < 4.78 is 14.5. The molecule has 0 fully saturated rings. The predicted molar refractivity (Wildman–Crippen MR) is 73.1 cm³/mol. The van der Waals surface area contributed by atoms with Gasteiger partial charge >= 0.3 is 0 Å². The van der Waals surface area contributed by atoms with Crippen molar-refractivity contribution in [3.63, 3.8) is 0 Å². The Bertz CT molecular complexity index is 904. The zero-order valence-corrected chi connectivity index (χ0v) is 11.0. The largest absolute Gasteiger partial charge is 0.312 e. The van der Waals surface area contributed by atoms with E-state index in [1.807, 2.05) is 13.0 Å². The molecule has 1 N–H and O–H groups in total. The van der Waals surface area contributed by atoms with E-state index in [9.17, 15) is 9.18 Å². The van der Waals surface area contributed by atoms with Crippen LogP contribution in [0.1, 0.15) is 24.2 Å². The van der Waals surface area contributed by atoms with Crippen molar-refractivity contribution in [1.29, 1.82) is 5.26 Å². The van der Waals surface area contributed by atoms with Gasteiger partial charge in [-0.05, 0) is 24.6 Å². The Morgan fingerprint density at radius 2 is 2.10 bits per heavy atom. The Morgan fingerprint density at radius 1 is 1.38 bits per heavy atom. The number of aromatic nitrogens is 4. The van der Waals surface area contributed by atoms with Gasteiger partial charge in [0.1, 0.15) is 17.3 Å². The lowest BCUT2D eigenvalue weighted by Gasteiger charge is -2.13. The third-order valence-corrected chi connectivity index (χ3v) is 3.32. The molecule has 0 spiro atoms. The van der Waals surface area contributed by atoms with Crippen LogP contribution < -0.4 is 5.56 Å². The summed E-state index contributed by atoms with van der Waals surface area (Å²) in [5, 5.41) is 13.4. The Morgan fingerprint density at radius 3 is 2.76 bits per heavy atom. The second-order valence-electron chi connectivity index (χ2n) is 4.56. The molecule has 104 valence electrons. The van der Waals surface area contributed by atoms with E-state index in [-0.39, 0.29) is 22.9 Å². The number of nitriles is 1. The first-order valence-corrected chi connectivity index (χ1v) is 6.23. The van der Waals surface area contributed by atoms with Gasteiger partial charge in [0.2, 0.25) is 0 Å². The number of hydrogen-bond acceptors (Lipinski definition) is 4. The second-order valence-corrected chi connectivity index (χ2v) is 4.56. The summed E-state index contributed by atoms with van der Waals surface area (Å²) in [5.74, 6) is -0.330. The SMILES string of the molecule is C[C@H](c1ccc(F)cc1)n1nc(C#N)c2c(=O)[nH]cnc21. The Labute approximate surface area is 118 Å². The summed E-state index contributed by atoms with van der Waals surface area (Å²) in [6.07, 6.45) is 1.27. The molecule has 3 rings (SSSR count). The smallest absolute Gasteiger partial charge is 0.263 e. The van der Waals surface area contributed by atoms with Crippen LogP contribution in [0.5, 0.6) is 0 Å². The summed E-state index contributed by atoms with van der Waals surface area (Å²) in [6, 6.07) is 7.57. The van der Waals surface area contributed by atoms with E-state index in [1.165, 1.54) is 23.1 Å². The lowest BCUT2D eigenvalue weighted by atomic mass is 10.1. The third-order valence-electron chi connectivity index (χ3n) is 3.32. The van der Waals surface area contributed by atoms with Gasteiger partial charge in [0.25, 0.3) is 5.56 Å². The van der Waals surface area contributed by atoms with E-state index in [4.69, 9.17) is 5.26 Å². The van der Waals surface area contributed by atoms with Crippen molar-refractivity contribution in [1.82, 2.24) is 19.7 Å². The van der Waals surface area contributed by atoms with Crippen LogP contribution in [-0.2, 0) is 0 Å². The van der Waals surface area contributed by atoms with E-state index in [0.717, 1.165) is 5.56 Å². The van der Waals surface area contributed by atoms with Crippen molar-refractivity contribution in [2.75, 3.05) is 0 Å². The van der Waals surface area contributed by atoms with E-state index in [2.05, 4.69) is 15.1 Å². The maximum atomic E-state index is 13.0. The monoisotopic (exact) mass is 283 g/mol. The number of nitrogens with one attached hydrogen (secondary N) is 1. The number of rotatable bonds is 2. The van der Waals surface area contributed by atoms with Gasteiger partial charge in [0.15, 0.2) is 11.3 Å². The molecule has 6 nitrogen and oxygen atoms in total. The average Bonchev–Trinajstić information content (AvgIpc) is 2.87. The highest BCUT2D eigenvalue weighted by atomic mass is 19.1. The van der Waals surface area contributed by atoms with Crippen LogP contribution in [0, 0.1) is 17.1 Å². The van der Waals surface area contributed by atoms with Crippen LogP contribution in [0.3, 0.4) is 0 Å². The van der Waals surface area contributed by atoms with Crippen molar-refractivity contribution in [2.24, 2.45) is 0 Å². The van der Waals surface area contributed by atoms with E-state index in [0.29, 0.717) is 5.65 Å². The maximum absolute atomic E-state index is 13.0. The number of aromatic amines is 1. The molecule has 3 aromatic rings. The molecule has 21 heavy (non-hydrogen) atoms. The highest BCUT2D eigenvalue weighted by molar-refractivity contribution is 5.79. The second kappa shape index (κ2) is 4.83. The summed E-state index contributed by atoms with van der Waals surface area (Å²) in [4.78, 5) is 18.3. The van der Waals surface area contributed by atoms with Crippen LogP contribution >= 0.6 is 0 Å². The molecule has 0 saturated heterocycles. The van der Waals surface area contributed by atoms with Gasteiger partial charge < -0.3 is 4.98 Å². The molecule has 1 atom stereocenters. The number of benzene rings is 1. The van der Waals surface area contributed by atoms with Crippen molar-refractivity contribution in [3.05, 3.63) is 58.0 Å². The quantitative estimate of drug-likeness (QED) is 0.776. The normalized spacial score (nSPS) is 12.2. The van der Waals surface area contributed by atoms with Gasteiger partial charge in [-0.15, -0.1) is 0 Å². The summed E-state index contributed by atoms with van der Waals surface area (Å²) in [7, 11) is 0. The minimum absolute atomic E-state index is 0.0216. The number of nitrogens with zero attached hydrogens (tertiary/aromatic N) is 4. The molecule has 0 aliphatic rings. The predicted octanol–water partition coefficient (Wildman–Crippen LogP) is 1.74. The molecular weight excluding hydrogens is 273 g/mol. The molecule has 0 radical (unpaired) electrons. The van der Waals surface area contributed by atoms with Crippen molar-refractivity contribution < 1.29 is 4.39 Å². The van der Waals surface area contributed by atoms with E-state index >= 15 is 0 Å². The minimum atomic E-state index is -0.408. The first kappa shape index (κ1) is 13.0. The topological polar surface area (TPSA) is 87.4 Å². The molecule has 0 bridgehead atoms. The molecule has 0 saturated carbocycles. The van der Waals surface area contributed by atoms with Crippen LogP contribution in [0.25, 0.3) is 11.0 Å². The summed E-state index contributed by atoms with van der Waals surface area (Å²) in [6.45, 7) is 1.84. The fraction of sp³-hybridized carbons (Fsp3) is 0.143. The summed E-state index contributed by atoms with van der Waals surface area (Å²) in [5.41, 5.74) is 0.738. The lowest BCUT2D eigenvalue weighted by molar-refractivity contribution is 0.573. The molecule has 7 heteroatoms. The van der Waals surface area contributed by atoms with Crippen molar-refractivity contribution >= 4 is 11.0 Å². The van der Waals surface area contributed by atoms with Crippen LogP contribution in [0.15, 0.2) is 35.4 Å². The van der Waals surface area contributed by atoms with Gasteiger partial charge in [-0.1, -0.05) is 12.1 Å². The van der Waals surface area contributed by atoms with Gasteiger partial charge in [-0.3, -0.25) is 4.79 Å². The van der Waals surface area contributed by atoms with E-state index in [1.54, 1.807) is 12.1 Å². The molecular formula is C14H10FN5O. The Balaban J connectivity index is 2.21. The van der Waals surface area contributed by atoms with Crippen LogP contribution in [0.2, 0.25) is 0 Å². The lowest BCUT2D eigenvalue weighted by Crippen LogP contribution is -2.11. The molecule has 0 aliphatic heterocycles. The Kier molecular flexibility index (Phi) is 2.99. The molecule has 2 aromatic heterocycles. The first-order valence-electron chi connectivity index (χ1n) is 6.23. The zero-order valence-electron chi connectivity index (χ0n) is 11.0. The average molecular weight is 283 g/mol. The fourth-order valence-electron chi connectivity index (χ4n) is 2.21. The summed E-state index contributed by atoms with van der Waals surface area (Å²) >= 11 is 0. The molecule has 1 aromatic carbocycles. The fourth-order valence-corrected chi connectivity index (χ4v) is 2.21. The first-order chi connectivity index (χ1) is 10.1. The number of hydrogen-bond donors (Lipinski definition) is 1. The minimum Gasteiger partial charge on any atom is -0.312 e. The zero-order chi connectivity index (χ0) is 15.0. The standard InChI is InChI=1S/C14H10FN5O/c1-8(9-2-4-10(15)5-3-9)20-13-12(11(6-16)19-20)14(21)18-7-17-13/h2-5,7-8H,1H3,(H,17,18,21)/t8-/m1/s1. The highest BCUT2D eigenvalue weighted by Crippen LogP contribution is 2.22. The van der Waals surface area contributed by atoms with Crippen LogP contribution in [-0.4, -0.2) is 19.7 Å². The third kappa shape index (κ3) is 2.07. The Hall–Kier alpha value is -3.01. The van der Waals surface area contributed by atoms with Crippen molar-refractivity contribution in [2.45, 2.75) is 13.0 Å². The van der Waals surface area contributed by atoms with Crippen molar-refractivity contribution in [3.8, 4) is 6.07 Å².